The van der Waals surface area contributed by atoms with Crippen LogP contribution in [0.4, 0.5) is 0 Å². The van der Waals surface area contributed by atoms with Crippen molar-refractivity contribution < 1.29 is 19.4 Å². The van der Waals surface area contributed by atoms with E-state index < -0.39 is 5.60 Å². The second-order valence-electron chi connectivity index (χ2n) is 5.86. The van der Waals surface area contributed by atoms with E-state index in [1.165, 1.54) is 5.56 Å². The second kappa shape index (κ2) is 9.95. The minimum atomic E-state index is -0.420. The molecule has 2 N–H and O–H groups in total. The average molecular weight is 309 g/mol. The molecule has 0 saturated heterocycles. The van der Waals surface area contributed by atoms with Gasteiger partial charge in [-0.25, -0.2) is 0 Å². The van der Waals surface area contributed by atoms with E-state index in [9.17, 15) is 4.79 Å². The van der Waals surface area contributed by atoms with Crippen molar-refractivity contribution in [3.63, 3.8) is 0 Å². The lowest BCUT2D eigenvalue weighted by Crippen LogP contribution is -2.24. The molecule has 0 aliphatic rings. The molecule has 1 unspecified atom stereocenters. The number of hydrogen-bond acceptors (Lipinski definition) is 4. The molecular formula is C17H27NO4. The summed E-state index contributed by atoms with van der Waals surface area (Å²) in [6, 6.07) is 8.52. The Morgan fingerprint density at radius 1 is 1.32 bits per heavy atom. The first kappa shape index (κ1) is 20.1. The Morgan fingerprint density at radius 3 is 2.18 bits per heavy atom. The Balaban J connectivity index is 0.00000135. The fourth-order valence-corrected chi connectivity index (χ4v) is 2.02. The molecule has 1 atom stereocenters. The highest BCUT2D eigenvalue weighted by atomic mass is 16.6. The maximum atomic E-state index is 11.7. The Morgan fingerprint density at radius 2 is 1.82 bits per heavy atom. The number of nitrogens with one attached hydrogen (secondary N) is 1. The molecule has 1 aromatic rings. The van der Waals surface area contributed by atoms with Crippen LogP contribution in [0.3, 0.4) is 0 Å². The zero-order valence-electron chi connectivity index (χ0n) is 14.1. The van der Waals surface area contributed by atoms with Gasteiger partial charge in [0, 0.05) is 6.04 Å². The van der Waals surface area contributed by atoms with Crippen molar-refractivity contribution in [3.8, 4) is 0 Å². The Hall–Kier alpha value is -1.88. The fraction of sp³-hybridized carbons (Fsp3) is 0.529. The number of hydrogen-bond donors (Lipinski definition) is 2. The third-order valence-corrected chi connectivity index (χ3v) is 2.91. The van der Waals surface area contributed by atoms with Gasteiger partial charge >= 0.3 is 5.97 Å². The number of carboxylic acid groups (broad SMARTS) is 1. The number of carbonyl (C=O) groups excluding carboxylic acids is 1. The van der Waals surface area contributed by atoms with Gasteiger partial charge in [-0.05, 0) is 45.4 Å². The van der Waals surface area contributed by atoms with Crippen LogP contribution in [-0.4, -0.2) is 30.2 Å². The average Bonchev–Trinajstić information content (AvgIpc) is 2.40. The molecule has 0 aliphatic carbocycles. The van der Waals surface area contributed by atoms with E-state index in [4.69, 9.17) is 14.6 Å². The lowest BCUT2D eigenvalue weighted by molar-refractivity contribution is -0.153. The van der Waals surface area contributed by atoms with E-state index in [2.05, 4.69) is 24.4 Å². The molecule has 0 aromatic heterocycles. The second-order valence-corrected chi connectivity index (χ2v) is 5.86. The summed E-state index contributed by atoms with van der Waals surface area (Å²) in [4.78, 5) is 20.1. The van der Waals surface area contributed by atoms with Gasteiger partial charge in [-0.15, -0.1) is 0 Å². The first-order valence-electron chi connectivity index (χ1n) is 7.33. The highest BCUT2D eigenvalue weighted by Gasteiger charge is 2.16. The Kier molecular flexibility index (Phi) is 9.10. The monoisotopic (exact) mass is 309 g/mol. The lowest BCUT2D eigenvalue weighted by atomic mass is 10.0. The maximum Gasteiger partial charge on any atom is 0.310 e. The number of ether oxygens (including phenoxy) is 1. The number of benzene rings is 1. The molecule has 5 nitrogen and oxygen atoms in total. The zero-order chi connectivity index (χ0) is 17.2. The molecule has 5 heteroatoms. The molecule has 0 bridgehead atoms. The highest BCUT2D eigenvalue weighted by Crippen LogP contribution is 2.17. The van der Waals surface area contributed by atoms with E-state index in [0.29, 0.717) is 12.5 Å². The summed E-state index contributed by atoms with van der Waals surface area (Å²) in [5.74, 6) is -0.180. The van der Waals surface area contributed by atoms with Gasteiger partial charge < -0.3 is 15.2 Å². The van der Waals surface area contributed by atoms with Gasteiger partial charge in [0.15, 0.2) is 0 Å². The van der Waals surface area contributed by atoms with Crippen molar-refractivity contribution in [2.75, 3.05) is 7.05 Å². The van der Waals surface area contributed by atoms with Crippen LogP contribution >= 0.6 is 0 Å². The third-order valence-electron chi connectivity index (χ3n) is 2.91. The van der Waals surface area contributed by atoms with E-state index >= 15 is 0 Å². The predicted molar refractivity (Wildman–Crippen MR) is 86.8 cm³/mol. The summed E-state index contributed by atoms with van der Waals surface area (Å²) in [6.07, 6.45) is 1.37. The van der Waals surface area contributed by atoms with E-state index in [-0.39, 0.29) is 12.4 Å². The molecule has 0 fully saturated rings. The largest absolute Gasteiger partial charge is 0.483 e. The first-order chi connectivity index (χ1) is 10.3. The molecule has 0 radical (unpaired) electrons. The van der Waals surface area contributed by atoms with Crippen LogP contribution in [0.5, 0.6) is 0 Å². The van der Waals surface area contributed by atoms with Gasteiger partial charge in [-0.2, -0.15) is 0 Å². The van der Waals surface area contributed by atoms with Gasteiger partial charge in [-0.1, -0.05) is 31.2 Å². The van der Waals surface area contributed by atoms with Gasteiger partial charge in [0.2, 0.25) is 0 Å². The van der Waals surface area contributed by atoms with Gasteiger partial charge in [0.25, 0.3) is 6.47 Å². The first-order valence-corrected chi connectivity index (χ1v) is 7.33. The van der Waals surface area contributed by atoms with Crippen LogP contribution in [-0.2, 0) is 20.7 Å². The highest BCUT2D eigenvalue weighted by molar-refractivity contribution is 5.73. The minimum Gasteiger partial charge on any atom is -0.483 e. The zero-order valence-corrected chi connectivity index (χ0v) is 14.1. The topological polar surface area (TPSA) is 75.6 Å². The fourth-order valence-electron chi connectivity index (χ4n) is 2.02. The van der Waals surface area contributed by atoms with Gasteiger partial charge in [0.05, 0.1) is 6.42 Å². The molecule has 0 amide bonds. The number of rotatable bonds is 5. The van der Waals surface area contributed by atoms with Crippen molar-refractivity contribution >= 4 is 12.4 Å². The molecule has 22 heavy (non-hydrogen) atoms. The van der Waals surface area contributed by atoms with Crippen LogP contribution in [0, 0.1) is 0 Å². The summed E-state index contributed by atoms with van der Waals surface area (Å²) < 4.78 is 5.31. The molecule has 1 rings (SSSR count). The van der Waals surface area contributed by atoms with Gasteiger partial charge in [0.1, 0.15) is 5.60 Å². The van der Waals surface area contributed by atoms with Crippen LogP contribution < -0.4 is 5.32 Å². The number of esters is 1. The van der Waals surface area contributed by atoms with E-state index in [0.717, 1.165) is 12.0 Å². The van der Waals surface area contributed by atoms with Crippen molar-refractivity contribution in [1.82, 2.24) is 5.32 Å². The SMILES string of the molecule is CCC(NC)c1ccc(CC(=O)OC(C)(C)C)cc1.O=CO. The molecule has 0 saturated carbocycles. The van der Waals surface area contributed by atoms with Crippen molar-refractivity contribution in [1.29, 1.82) is 0 Å². The van der Waals surface area contributed by atoms with E-state index in [1.807, 2.05) is 40.0 Å². The summed E-state index contributed by atoms with van der Waals surface area (Å²) in [5, 5.41) is 10.2. The smallest absolute Gasteiger partial charge is 0.310 e. The standard InChI is InChI=1S/C16H25NO2.CH2O2/c1-6-14(17-5)13-9-7-12(8-10-13)11-15(18)19-16(2,3)4;2-1-3/h7-10,14,17H,6,11H2,1-5H3;1H,(H,2,3). The molecular weight excluding hydrogens is 282 g/mol. The maximum absolute atomic E-state index is 11.7. The summed E-state index contributed by atoms with van der Waals surface area (Å²) in [5.41, 5.74) is 1.82. The Bertz CT molecular complexity index is 445. The quantitative estimate of drug-likeness (QED) is 0.646. The lowest BCUT2D eigenvalue weighted by Gasteiger charge is -2.19. The van der Waals surface area contributed by atoms with Crippen molar-refractivity contribution in [3.05, 3.63) is 35.4 Å². The van der Waals surface area contributed by atoms with Crippen LogP contribution in [0.1, 0.15) is 51.3 Å². The molecule has 0 spiro atoms. The number of carbonyl (C=O) groups is 2. The van der Waals surface area contributed by atoms with Crippen LogP contribution in [0.15, 0.2) is 24.3 Å². The normalized spacial score (nSPS) is 11.9. The van der Waals surface area contributed by atoms with E-state index in [1.54, 1.807) is 0 Å². The third kappa shape index (κ3) is 8.42. The summed E-state index contributed by atoms with van der Waals surface area (Å²) in [6.45, 7) is 7.54. The summed E-state index contributed by atoms with van der Waals surface area (Å²) >= 11 is 0. The predicted octanol–water partition coefficient (Wildman–Crippen LogP) is 2.94. The Labute approximate surface area is 132 Å². The minimum absolute atomic E-state index is 0.180. The molecule has 1 aromatic carbocycles. The van der Waals surface area contributed by atoms with Crippen molar-refractivity contribution in [2.45, 2.75) is 52.2 Å². The van der Waals surface area contributed by atoms with Crippen LogP contribution in [0.2, 0.25) is 0 Å². The van der Waals surface area contributed by atoms with Crippen molar-refractivity contribution in [2.24, 2.45) is 0 Å². The molecule has 0 aliphatic heterocycles. The molecule has 0 heterocycles. The van der Waals surface area contributed by atoms with Crippen LogP contribution in [0.25, 0.3) is 0 Å². The molecule has 124 valence electrons. The van der Waals surface area contributed by atoms with Gasteiger partial charge in [-0.3, -0.25) is 9.59 Å². The summed E-state index contributed by atoms with van der Waals surface area (Å²) in [7, 11) is 1.96.